The van der Waals surface area contributed by atoms with Crippen LogP contribution >= 0.6 is 11.6 Å². The monoisotopic (exact) mass is 88.0 g/mol. The van der Waals surface area contributed by atoms with E-state index in [1.54, 1.807) is 0 Å². The predicted molar refractivity (Wildman–Crippen MR) is 23.4 cm³/mol. The van der Waals surface area contributed by atoms with Gasteiger partial charge in [-0.15, -0.1) is 11.6 Å². The van der Waals surface area contributed by atoms with Gasteiger partial charge >= 0.3 is 0 Å². The third kappa shape index (κ3) is 0.457. The first-order chi connectivity index (χ1) is 2.30. The maximum Gasteiger partial charge on any atom is 0.0580 e. The first-order valence-electron chi connectivity index (χ1n) is 1.62. The summed E-state index contributed by atoms with van der Waals surface area (Å²) in [5.41, 5.74) is 1.19. The Bertz CT molecular complexity index is 66.0. The quantitative estimate of drug-likeness (QED) is 0.311. The van der Waals surface area contributed by atoms with Gasteiger partial charge in [-0.05, 0) is 6.42 Å². The van der Waals surface area contributed by atoms with Crippen molar-refractivity contribution >= 4 is 11.6 Å². The average Bonchev–Trinajstić information content (AvgIpc) is 1.79. The molecule has 0 N–H and O–H groups in total. The number of alkyl halides is 1. The maximum absolute atomic E-state index is 5.44. The van der Waals surface area contributed by atoms with E-state index in [4.69, 9.17) is 11.6 Å². The molecule has 5 heavy (non-hydrogen) atoms. The van der Waals surface area contributed by atoms with Crippen molar-refractivity contribution in [3.63, 3.8) is 0 Å². The lowest BCUT2D eigenvalue weighted by Crippen LogP contribution is -1.48. The Morgan fingerprint density at radius 1 is 2.00 bits per heavy atom. The first kappa shape index (κ1) is 3.23. The van der Waals surface area contributed by atoms with Crippen molar-refractivity contribution in [2.24, 2.45) is 0 Å². The molecular formula is C4H5Cl. The molecule has 1 rings (SSSR count). The molecule has 0 saturated heterocycles. The van der Waals surface area contributed by atoms with Crippen LogP contribution in [0.3, 0.4) is 0 Å². The van der Waals surface area contributed by atoms with Crippen molar-refractivity contribution in [2.75, 3.05) is 0 Å². The highest BCUT2D eigenvalue weighted by molar-refractivity contribution is 6.25. The largest absolute Gasteiger partial charge is 0.118 e. The molecule has 1 aliphatic carbocycles. The minimum absolute atomic E-state index is 0.329. The molecule has 1 heteroatoms. The average molecular weight is 88.5 g/mol. The highest BCUT2D eigenvalue weighted by atomic mass is 35.5. The van der Waals surface area contributed by atoms with E-state index in [-0.39, 0.29) is 0 Å². The highest BCUT2D eigenvalue weighted by Crippen LogP contribution is 2.32. The first-order valence-corrected chi connectivity index (χ1v) is 2.06. The zero-order valence-corrected chi connectivity index (χ0v) is 3.63. The summed E-state index contributed by atoms with van der Waals surface area (Å²) in [5, 5.41) is 0.329. The number of halogens is 1. The Morgan fingerprint density at radius 3 is 2.20 bits per heavy atom. The molecule has 1 unspecified atom stereocenters. The number of rotatable bonds is 0. The molecule has 1 fully saturated rings. The molecule has 0 aromatic rings. The second-order valence-electron chi connectivity index (χ2n) is 1.33. The molecule has 0 bridgehead atoms. The number of hydrogen-bond acceptors (Lipinski definition) is 0. The van der Waals surface area contributed by atoms with Gasteiger partial charge in [-0.2, -0.15) is 0 Å². The van der Waals surface area contributed by atoms with E-state index in [0.29, 0.717) is 5.38 Å². The summed E-state index contributed by atoms with van der Waals surface area (Å²) in [6.07, 6.45) is 1.04. The molecule has 0 radical (unpaired) electrons. The van der Waals surface area contributed by atoms with Crippen LogP contribution in [0, 0.1) is 0 Å². The third-order valence-electron chi connectivity index (χ3n) is 0.724. The Hall–Kier alpha value is 0.0300. The van der Waals surface area contributed by atoms with Crippen LogP contribution in [0.15, 0.2) is 12.2 Å². The maximum atomic E-state index is 5.44. The van der Waals surface area contributed by atoms with Gasteiger partial charge in [-0.25, -0.2) is 0 Å². The zero-order valence-electron chi connectivity index (χ0n) is 2.87. The molecule has 0 aromatic carbocycles. The SMILES string of the molecule is C=C1CC1Cl. The Balaban J connectivity index is 2.47. The van der Waals surface area contributed by atoms with E-state index in [1.807, 2.05) is 0 Å². The van der Waals surface area contributed by atoms with Crippen molar-refractivity contribution in [1.82, 2.24) is 0 Å². The van der Waals surface area contributed by atoms with E-state index in [9.17, 15) is 0 Å². The summed E-state index contributed by atoms with van der Waals surface area (Å²) in [5.74, 6) is 0. The van der Waals surface area contributed by atoms with E-state index in [1.165, 1.54) is 5.57 Å². The van der Waals surface area contributed by atoms with Gasteiger partial charge < -0.3 is 0 Å². The van der Waals surface area contributed by atoms with Gasteiger partial charge in [-0.1, -0.05) is 12.2 Å². The fourth-order valence-electron chi connectivity index (χ4n) is 0.171. The Morgan fingerprint density at radius 2 is 2.20 bits per heavy atom. The molecule has 1 aliphatic rings. The fraction of sp³-hybridized carbons (Fsp3) is 0.500. The van der Waals surface area contributed by atoms with Crippen LogP contribution in [0.2, 0.25) is 0 Å². The van der Waals surface area contributed by atoms with Gasteiger partial charge in [0, 0.05) is 0 Å². The molecule has 0 heterocycles. The molecule has 0 aromatic heterocycles. The molecular weight excluding hydrogens is 83.5 g/mol. The molecule has 0 aliphatic heterocycles. The fourth-order valence-corrected chi connectivity index (χ4v) is 0.369. The van der Waals surface area contributed by atoms with Gasteiger partial charge in [-0.3, -0.25) is 0 Å². The molecule has 0 spiro atoms. The lowest BCUT2D eigenvalue weighted by molar-refractivity contribution is 1.50. The Kier molecular flexibility index (Phi) is 0.483. The second-order valence-corrected chi connectivity index (χ2v) is 1.86. The van der Waals surface area contributed by atoms with Gasteiger partial charge in [0.1, 0.15) is 0 Å². The molecule has 28 valence electrons. The molecule has 1 saturated carbocycles. The molecule has 0 nitrogen and oxygen atoms in total. The zero-order chi connectivity index (χ0) is 3.86. The lowest BCUT2D eigenvalue weighted by Gasteiger charge is -1.54. The minimum Gasteiger partial charge on any atom is -0.118 e. The molecule has 1 atom stereocenters. The van der Waals surface area contributed by atoms with Gasteiger partial charge in [0.25, 0.3) is 0 Å². The van der Waals surface area contributed by atoms with Crippen molar-refractivity contribution in [3.05, 3.63) is 12.2 Å². The summed E-state index contributed by atoms with van der Waals surface area (Å²) >= 11 is 5.44. The topological polar surface area (TPSA) is 0 Å². The van der Waals surface area contributed by atoms with E-state index in [0.717, 1.165) is 6.42 Å². The summed E-state index contributed by atoms with van der Waals surface area (Å²) in [7, 11) is 0. The third-order valence-corrected chi connectivity index (χ3v) is 1.19. The van der Waals surface area contributed by atoms with Crippen molar-refractivity contribution in [2.45, 2.75) is 11.8 Å². The van der Waals surface area contributed by atoms with Crippen molar-refractivity contribution in [3.8, 4) is 0 Å². The van der Waals surface area contributed by atoms with Crippen LogP contribution in [0.1, 0.15) is 6.42 Å². The second kappa shape index (κ2) is 0.749. The van der Waals surface area contributed by atoms with Crippen molar-refractivity contribution < 1.29 is 0 Å². The lowest BCUT2D eigenvalue weighted by atomic mass is 10.7. The van der Waals surface area contributed by atoms with Crippen LogP contribution in [0.25, 0.3) is 0 Å². The van der Waals surface area contributed by atoms with E-state index < -0.39 is 0 Å². The number of hydrogen-bond donors (Lipinski definition) is 0. The standard InChI is InChI=1S/C4H5Cl/c1-3-2-4(3)5/h4H,1-2H2. The summed E-state index contributed by atoms with van der Waals surface area (Å²) in [6.45, 7) is 3.62. The summed E-state index contributed by atoms with van der Waals surface area (Å²) < 4.78 is 0. The van der Waals surface area contributed by atoms with E-state index >= 15 is 0 Å². The minimum atomic E-state index is 0.329. The number of allylic oxidation sites excluding steroid dienone is 1. The Labute approximate surface area is 36.4 Å². The van der Waals surface area contributed by atoms with E-state index in [2.05, 4.69) is 6.58 Å². The van der Waals surface area contributed by atoms with Crippen molar-refractivity contribution in [1.29, 1.82) is 0 Å². The van der Waals surface area contributed by atoms with Crippen LogP contribution in [-0.2, 0) is 0 Å². The van der Waals surface area contributed by atoms with Crippen LogP contribution in [0.4, 0.5) is 0 Å². The van der Waals surface area contributed by atoms with Crippen LogP contribution in [0.5, 0.6) is 0 Å². The summed E-state index contributed by atoms with van der Waals surface area (Å²) in [6, 6.07) is 0. The predicted octanol–water partition coefficient (Wildman–Crippen LogP) is 1.55. The summed E-state index contributed by atoms with van der Waals surface area (Å²) in [4.78, 5) is 0. The highest BCUT2D eigenvalue weighted by Gasteiger charge is 2.23. The normalized spacial score (nSPS) is 34.6. The van der Waals surface area contributed by atoms with Crippen LogP contribution in [-0.4, -0.2) is 5.38 Å². The van der Waals surface area contributed by atoms with Gasteiger partial charge in [0.15, 0.2) is 0 Å². The van der Waals surface area contributed by atoms with Gasteiger partial charge in [0.05, 0.1) is 5.38 Å². The van der Waals surface area contributed by atoms with Gasteiger partial charge in [0.2, 0.25) is 0 Å². The smallest absolute Gasteiger partial charge is 0.0580 e. The molecule has 0 amide bonds. The van der Waals surface area contributed by atoms with Crippen LogP contribution < -0.4 is 0 Å².